The molecule has 0 atom stereocenters. The standard InChI is InChI=1S/C9H10N4S/c1-7-2-4-8(5-3-7)6-10-9-11-12-13-14-9/h2-5H,6H2,1H3,(H,10,11,13). The van der Waals surface area contributed by atoms with Crippen LogP contribution in [0.2, 0.25) is 0 Å². The molecule has 0 bridgehead atoms. The molecule has 0 unspecified atom stereocenters. The van der Waals surface area contributed by atoms with Gasteiger partial charge in [-0.2, -0.15) is 0 Å². The molecule has 1 aromatic carbocycles. The maximum Gasteiger partial charge on any atom is 0.225 e. The first-order valence-corrected chi connectivity index (χ1v) is 5.06. The van der Waals surface area contributed by atoms with Gasteiger partial charge in [0.25, 0.3) is 0 Å². The second kappa shape index (κ2) is 4.15. The highest BCUT2D eigenvalue weighted by molar-refractivity contribution is 7.09. The lowest BCUT2D eigenvalue weighted by molar-refractivity contribution is 0.950. The number of nitrogens with one attached hydrogen (secondary N) is 1. The van der Waals surface area contributed by atoms with E-state index in [4.69, 9.17) is 0 Å². The third-order valence-electron chi connectivity index (χ3n) is 1.86. The second-order valence-electron chi connectivity index (χ2n) is 3.01. The third kappa shape index (κ3) is 2.26. The average Bonchev–Trinajstić information content (AvgIpc) is 2.70. The molecule has 5 heteroatoms. The Morgan fingerprint density at radius 1 is 1.29 bits per heavy atom. The predicted octanol–water partition coefficient (Wildman–Crippen LogP) is 1.85. The van der Waals surface area contributed by atoms with E-state index in [0.29, 0.717) is 0 Å². The molecule has 1 aromatic heterocycles. The molecule has 1 N–H and O–H groups in total. The van der Waals surface area contributed by atoms with Crippen molar-refractivity contribution in [2.75, 3.05) is 5.32 Å². The van der Waals surface area contributed by atoms with Gasteiger partial charge in [-0.05, 0) is 17.7 Å². The number of benzene rings is 1. The SMILES string of the molecule is Cc1ccc(CNc2nnns2)cc1. The van der Waals surface area contributed by atoms with E-state index in [9.17, 15) is 0 Å². The van der Waals surface area contributed by atoms with E-state index in [0.717, 1.165) is 11.7 Å². The van der Waals surface area contributed by atoms with Crippen LogP contribution in [-0.2, 0) is 6.54 Å². The zero-order chi connectivity index (χ0) is 9.80. The number of hydrogen-bond acceptors (Lipinski definition) is 5. The van der Waals surface area contributed by atoms with Crippen LogP contribution >= 0.6 is 11.5 Å². The number of anilines is 1. The van der Waals surface area contributed by atoms with Gasteiger partial charge in [0.15, 0.2) is 0 Å². The Balaban J connectivity index is 1.95. The highest BCUT2D eigenvalue weighted by atomic mass is 32.1. The average molecular weight is 206 g/mol. The van der Waals surface area contributed by atoms with Crippen LogP contribution in [0.1, 0.15) is 11.1 Å². The van der Waals surface area contributed by atoms with E-state index in [1.807, 2.05) is 0 Å². The summed E-state index contributed by atoms with van der Waals surface area (Å²) in [4.78, 5) is 0. The van der Waals surface area contributed by atoms with Crippen LogP contribution < -0.4 is 5.32 Å². The van der Waals surface area contributed by atoms with Crippen molar-refractivity contribution in [2.24, 2.45) is 0 Å². The number of nitrogens with zero attached hydrogens (tertiary/aromatic N) is 3. The highest BCUT2D eigenvalue weighted by Gasteiger charge is 1.96. The molecule has 72 valence electrons. The van der Waals surface area contributed by atoms with Gasteiger partial charge in [-0.25, -0.2) is 0 Å². The van der Waals surface area contributed by atoms with Gasteiger partial charge in [-0.3, -0.25) is 0 Å². The first-order valence-electron chi connectivity index (χ1n) is 4.29. The monoisotopic (exact) mass is 206 g/mol. The Morgan fingerprint density at radius 2 is 2.07 bits per heavy atom. The summed E-state index contributed by atoms with van der Waals surface area (Å²) < 4.78 is 3.67. The Labute approximate surface area is 86.1 Å². The first-order chi connectivity index (χ1) is 6.84. The van der Waals surface area contributed by atoms with Crippen molar-refractivity contribution in [2.45, 2.75) is 13.5 Å². The molecule has 0 saturated carbocycles. The van der Waals surface area contributed by atoms with Crippen LogP contribution in [0, 0.1) is 6.92 Å². The molecule has 0 radical (unpaired) electrons. The molecule has 0 aliphatic carbocycles. The van der Waals surface area contributed by atoms with Crippen molar-refractivity contribution in [1.82, 2.24) is 14.8 Å². The van der Waals surface area contributed by atoms with Crippen LogP contribution in [0.15, 0.2) is 24.3 Å². The summed E-state index contributed by atoms with van der Waals surface area (Å²) in [6.07, 6.45) is 0. The van der Waals surface area contributed by atoms with Gasteiger partial charge in [0, 0.05) is 18.1 Å². The summed E-state index contributed by atoms with van der Waals surface area (Å²) in [7, 11) is 0. The summed E-state index contributed by atoms with van der Waals surface area (Å²) in [5.41, 5.74) is 2.50. The van der Waals surface area contributed by atoms with Gasteiger partial charge in [-0.15, -0.1) is 0 Å². The van der Waals surface area contributed by atoms with Crippen LogP contribution in [0.4, 0.5) is 5.13 Å². The van der Waals surface area contributed by atoms with Crippen molar-refractivity contribution in [1.29, 1.82) is 0 Å². The van der Waals surface area contributed by atoms with Crippen molar-refractivity contribution >= 4 is 16.7 Å². The zero-order valence-electron chi connectivity index (χ0n) is 7.77. The summed E-state index contributed by atoms with van der Waals surface area (Å²) >= 11 is 1.26. The van der Waals surface area contributed by atoms with E-state index in [1.165, 1.54) is 22.7 Å². The lowest BCUT2D eigenvalue weighted by atomic mass is 10.1. The summed E-state index contributed by atoms with van der Waals surface area (Å²) in [6, 6.07) is 8.37. The largest absolute Gasteiger partial charge is 0.355 e. The molecule has 0 fully saturated rings. The van der Waals surface area contributed by atoms with Crippen LogP contribution in [0.3, 0.4) is 0 Å². The lowest BCUT2D eigenvalue weighted by Gasteiger charge is -2.01. The van der Waals surface area contributed by atoms with Crippen molar-refractivity contribution in [3.05, 3.63) is 35.4 Å². The van der Waals surface area contributed by atoms with Gasteiger partial charge >= 0.3 is 0 Å². The number of rotatable bonds is 3. The van der Waals surface area contributed by atoms with Crippen LogP contribution in [-0.4, -0.2) is 14.8 Å². The summed E-state index contributed by atoms with van der Waals surface area (Å²) in [5.74, 6) is 0. The molecule has 0 saturated heterocycles. The van der Waals surface area contributed by atoms with E-state index < -0.39 is 0 Å². The maximum absolute atomic E-state index is 3.80. The molecular formula is C9H10N4S. The molecule has 1 heterocycles. The minimum atomic E-state index is 0.755. The Morgan fingerprint density at radius 3 is 2.71 bits per heavy atom. The van der Waals surface area contributed by atoms with Crippen molar-refractivity contribution < 1.29 is 0 Å². The molecular weight excluding hydrogens is 196 g/mol. The fourth-order valence-electron chi connectivity index (χ4n) is 1.09. The fraction of sp³-hybridized carbons (Fsp3) is 0.222. The number of hydrogen-bond donors (Lipinski definition) is 1. The van der Waals surface area contributed by atoms with Gasteiger partial charge in [0.2, 0.25) is 5.13 Å². The minimum absolute atomic E-state index is 0.755. The molecule has 0 amide bonds. The third-order valence-corrected chi connectivity index (χ3v) is 2.42. The van der Waals surface area contributed by atoms with Gasteiger partial charge in [-0.1, -0.05) is 39.4 Å². The second-order valence-corrected chi connectivity index (χ2v) is 3.74. The molecule has 14 heavy (non-hydrogen) atoms. The number of aryl methyl sites for hydroxylation is 1. The smallest absolute Gasteiger partial charge is 0.225 e. The molecule has 2 rings (SSSR count). The normalized spacial score (nSPS) is 10.1. The Bertz CT molecular complexity index is 382. The quantitative estimate of drug-likeness (QED) is 0.832. The van der Waals surface area contributed by atoms with E-state index in [2.05, 4.69) is 51.3 Å². The van der Waals surface area contributed by atoms with E-state index in [1.54, 1.807) is 0 Å². The molecule has 0 aliphatic heterocycles. The molecule has 2 aromatic rings. The first kappa shape index (κ1) is 9.08. The number of aromatic nitrogens is 3. The van der Waals surface area contributed by atoms with Crippen LogP contribution in [0.25, 0.3) is 0 Å². The van der Waals surface area contributed by atoms with Crippen molar-refractivity contribution in [3.8, 4) is 0 Å². The Hall–Kier alpha value is -1.49. The fourth-order valence-corrected chi connectivity index (χ4v) is 1.45. The molecule has 4 nitrogen and oxygen atoms in total. The van der Waals surface area contributed by atoms with Gasteiger partial charge in [0.05, 0.1) is 0 Å². The van der Waals surface area contributed by atoms with Crippen molar-refractivity contribution in [3.63, 3.8) is 0 Å². The minimum Gasteiger partial charge on any atom is -0.355 e. The summed E-state index contributed by atoms with van der Waals surface area (Å²) in [5, 5.41) is 11.2. The molecule has 0 spiro atoms. The van der Waals surface area contributed by atoms with E-state index >= 15 is 0 Å². The van der Waals surface area contributed by atoms with Gasteiger partial charge in [0.1, 0.15) is 0 Å². The van der Waals surface area contributed by atoms with E-state index in [-0.39, 0.29) is 0 Å². The zero-order valence-corrected chi connectivity index (χ0v) is 8.58. The molecule has 0 aliphatic rings. The maximum atomic E-state index is 3.80. The topological polar surface area (TPSA) is 50.7 Å². The van der Waals surface area contributed by atoms with Crippen LogP contribution in [0.5, 0.6) is 0 Å². The lowest BCUT2D eigenvalue weighted by Crippen LogP contribution is -1.98. The van der Waals surface area contributed by atoms with Gasteiger partial charge < -0.3 is 5.32 Å². The Kier molecular flexibility index (Phi) is 2.69. The highest BCUT2D eigenvalue weighted by Crippen LogP contribution is 2.08. The predicted molar refractivity (Wildman–Crippen MR) is 56.2 cm³/mol. The summed E-state index contributed by atoms with van der Waals surface area (Å²) in [6.45, 7) is 2.84.